The second-order valence-electron chi connectivity index (χ2n) is 3.96. The number of rotatable bonds is 5. The highest BCUT2D eigenvalue weighted by atomic mass is 35.5. The number of carboxylic acid groups (broad SMARTS) is 1. The first-order valence-corrected chi connectivity index (χ1v) is 5.77. The Labute approximate surface area is 113 Å². The van der Waals surface area contributed by atoms with Crippen LogP contribution in [0.2, 0.25) is 5.02 Å². The number of aryl methyl sites for hydroxylation is 1. The van der Waals surface area contributed by atoms with E-state index in [1.807, 2.05) is 5.32 Å². The van der Waals surface area contributed by atoms with Gasteiger partial charge >= 0.3 is 5.97 Å². The summed E-state index contributed by atoms with van der Waals surface area (Å²) in [6, 6.07) is 2.71. The van der Waals surface area contributed by atoms with Crippen LogP contribution in [0.3, 0.4) is 0 Å². The molecule has 0 aliphatic heterocycles. The van der Waals surface area contributed by atoms with Crippen LogP contribution in [0, 0.1) is 6.92 Å². The van der Waals surface area contributed by atoms with E-state index in [0.29, 0.717) is 10.6 Å². The van der Waals surface area contributed by atoms with Gasteiger partial charge in [-0.1, -0.05) is 11.6 Å². The summed E-state index contributed by atoms with van der Waals surface area (Å²) < 4.78 is 24.4. The molecule has 2 N–H and O–H groups in total. The molecule has 0 aliphatic rings. The van der Waals surface area contributed by atoms with Gasteiger partial charge in [0.1, 0.15) is 6.04 Å². The monoisotopic (exact) mass is 291 g/mol. The van der Waals surface area contributed by atoms with Gasteiger partial charge in [0.2, 0.25) is 6.43 Å². The Morgan fingerprint density at radius 2 is 2.05 bits per heavy atom. The van der Waals surface area contributed by atoms with Gasteiger partial charge in [-0.15, -0.1) is 0 Å². The summed E-state index contributed by atoms with van der Waals surface area (Å²) in [5.74, 6) is -2.23. The number of carbonyl (C=O) groups excluding carboxylic acids is 1. The Morgan fingerprint density at radius 1 is 1.42 bits per heavy atom. The minimum Gasteiger partial charge on any atom is -0.480 e. The first kappa shape index (κ1) is 15.4. The Hall–Kier alpha value is -1.69. The van der Waals surface area contributed by atoms with Crippen LogP contribution in [0.1, 0.15) is 22.3 Å². The van der Waals surface area contributed by atoms with Crippen molar-refractivity contribution in [3.63, 3.8) is 0 Å². The molecule has 0 fully saturated rings. The van der Waals surface area contributed by atoms with Gasteiger partial charge in [0, 0.05) is 17.0 Å². The summed E-state index contributed by atoms with van der Waals surface area (Å²) in [5.41, 5.74) is 0.803. The largest absolute Gasteiger partial charge is 0.480 e. The van der Waals surface area contributed by atoms with Gasteiger partial charge in [0.15, 0.2) is 0 Å². The molecule has 1 aromatic carbocycles. The highest BCUT2D eigenvalue weighted by molar-refractivity contribution is 6.31. The molecular formula is C12H12ClF2NO3. The molecule has 7 heteroatoms. The van der Waals surface area contributed by atoms with Crippen molar-refractivity contribution in [1.82, 2.24) is 5.32 Å². The van der Waals surface area contributed by atoms with Crippen LogP contribution in [0.25, 0.3) is 0 Å². The quantitative estimate of drug-likeness (QED) is 0.876. The van der Waals surface area contributed by atoms with Crippen molar-refractivity contribution < 1.29 is 23.5 Å². The molecule has 0 aromatic heterocycles. The predicted molar refractivity (Wildman–Crippen MR) is 65.7 cm³/mol. The Balaban J connectivity index is 2.81. The number of carbonyl (C=O) groups is 2. The van der Waals surface area contributed by atoms with Crippen LogP contribution >= 0.6 is 11.6 Å². The molecule has 0 bridgehead atoms. The maximum absolute atomic E-state index is 12.2. The lowest BCUT2D eigenvalue weighted by atomic mass is 10.1. The minimum atomic E-state index is -2.81. The van der Waals surface area contributed by atoms with Gasteiger partial charge in [-0.25, -0.2) is 13.6 Å². The van der Waals surface area contributed by atoms with Crippen LogP contribution < -0.4 is 5.32 Å². The standard InChI is InChI=1S/C12H12ClF2NO3/c1-6-4-7(2-3-8(6)13)11(17)16-9(12(18)19)5-10(14)15/h2-4,9-10H,5H2,1H3,(H,16,17)(H,18,19). The minimum absolute atomic E-state index is 0.169. The van der Waals surface area contributed by atoms with Gasteiger partial charge in [0.25, 0.3) is 5.91 Å². The van der Waals surface area contributed by atoms with Crippen molar-refractivity contribution in [2.45, 2.75) is 25.8 Å². The van der Waals surface area contributed by atoms with Crippen molar-refractivity contribution in [3.05, 3.63) is 34.3 Å². The van der Waals surface area contributed by atoms with Gasteiger partial charge in [-0.05, 0) is 30.7 Å². The Morgan fingerprint density at radius 3 is 2.53 bits per heavy atom. The summed E-state index contributed by atoms with van der Waals surface area (Å²) >= 11 is 5.79. The molecule has 1 atom stereocenters. The summed E-state index contributed by atoms with van der Waals surface area (Å²) in [5, 5.41) is 11.3. The number of hydrogen-bond donors (Lipinski definition) is 2. The lowest BCUT2D eigenvalue weighted by Gasteiger charge is -2.14. The number of hydrogen-bond acceptors (Lipinski definition) is 2. The molecule has 1 amide bonds. The highest BCUT2D eigenvalue weighted by Crippen LogP contribution is 2.16. The molecule has 1 rings (SSSR count). The lowest BCUT2D eigenvalue weighted by Crippen LogP contribution is -2.42. The van der Waals surface area contributed by atoms with E-state index in [2.05, 4.69) is 0 Å². The lowest BCUT2D eigenvalue weighted by molar-refractivity contribution is -0.140. The molecule has 0 aliphatic carbocycles. The molecule has 104 valence electrons. The van der Waals surface area contributed by atoms with Crippen LogP contribution in [-0.4, -0.2) is 29.5 Å². The normalized spacial score (nSPS) is 12.3. The van der Waals surface area contributed by atoms with E-state index in [-0.39, 0.29) is 5.56 Å². The van der Waals surface area contributed by atoms with E-state index in [1.54, 1.807) is 6.92 Å². The molecule has 0 saturated heterocycles. The van der Waals surface area contributed by atoms with Crippen LogP contribution in [0.15, 0.2) is 18.2 Å². The van der Waals surface area contributed by atoms with Crippen molar-refractivity contribution in [2.24, 2.45) is 0 Å². The molecule has 0 saturated carbocycles. The second-order valence-corrected chi connectivity index (χ2v) is 4.36. The zero-order valence-electron chi connectivity index (χ0n) is 9.99. The average molecular weight is 292 g/mol. The second kappa shape index (κ2) is 6.47. The van der Waals surface area contributed by atoms with Gasteiger partial charge in [0.05, 0.1) is 0 Å². The van der Waals surface area contributed by atoms with Gasteiger partial charge in [-0.2, -0.15) is 0 Å². The van der Waals surface area contributed by atoms with E-state index in [4.69, 9.17) is 16.7 Å². The first-order chi connectivity index (χ1) is 8.81. The third kappa shape index (κ3) is 4.48. The number of benzene rings is 1. The molecule has 0 spiro atoms. The smallest absolute Gasteiger partial charge is 0.326 e. The SMILES string of the molecule is Cc1cc(C(=O)NC(CC(F)F)C(=O)O)ccc1Cl. The molecule has 0 heterocycles. The number of amides is 1. The van der Waals surface area contributed by atoms with Crippen LogP contribution in [-0.2, 0) is 4.79 Å². The summed E-state index contributed by atoms with van der Waals surface area (Å²) in [7, 11) is 0. The van der Waals surface area contributed by atoms with E-state index in [0.717, 1.165) is 0 Å². The number of aliphatic carboxylic acids is 1. The topological polar surface area (TPSA) is 66.4 Å². The molecule has 0 radical (unpaired) electrons. The van der Waals surface area contributed by atoms with E-state index in [1.165, 1.54) is 18.2 Å². The van der Waals surface area contributed by atoms with E-state index >= 15 is 0 Å². The van der Waals surface area contributed by atoms with Crippen molar-refractivity contribution in [2.75, 3.05) is 0 Å². The zero-order valence-corrected chi connectivity index (χ0v) is 10.7. The average Bonchev–Trinajstić information content (AvgIpc) is 2.31. The van der Waals surface area contributed by atoms with Crippen molar-refractivity contribution in [1.29, 1.82) is 0 Å². The number of nitrogens with one attached hydrogen (secondary N) is 1. The van der Waals surface area contributed by atoms with Crippen LogP contribution in [0.5, 0.6) is 0 Å². The number of alkyl halides is 2. The number of halogens is 3. The Bertz CT molecular complexity index is 494. The maximum atomic E-state index is 12.2. The third-order valence-electron chi connectivity index (χ3n) is 2.44. The predicted octanol–water partition coefficient (Wildman–Crippen LogP) is 2.49. The van der Waals surface area contributed by atoms with E-state index in [9.17, 15) is 18.4 Å². The fourth-order valence-corrected chi connectivity index (χ4v) is 1.54. The molecule has 1 unspecified atom stereocenters. The van der Waals surface area contributed by atoms with Crippen molar-refractivity contribution >= 4 is 23.5 Å². The molecular weight excluding hydrogens is 280 g/mol. The van der Waals surface area contributed by atoms with Crippen molar-refractivity contribution in [3.8, 4) is 0 Å². The Kier molecular flexibility index (Phi) is 5.23. The maximum Gasteiger partial charge on any atom is 0.326 e. The first-order valence-electron chi connectivity index (χ1n) is 5.39. The van der Waals surface area contributed by atoms with Gasteiger partial charge < -0.3 is 10.4 Å². The van der Waals surface area contributed by atoms with Gasteiger partial charge in [-0.3, -0.25) is 4.79 Å². The highest BCUT2D eigenvalue weighted by Gasteiger charge is 2.24. The molecule has 19 heavy (non-hydrogen) atoms. The van der Waals surface area contributed by atoms with Crippen LogP contribution in [0.4, 0.5) is 8.78 Å². The fraction of sp³-hybridized carbons (Fsp3) is 0.333. The third-order valence-corrected chi connectivity index (χ3v) is 2.86. The fourth-order valence-electron chi connectivity index (χ4n) is 1.43. The molecule has 4 nitrogen and oxygen atoms in total. The zero-order chi connectivity index (χ0) is 14.6. The number of carboxylic acids is 1. The van der Waals surface area contributed by atoms with E-state index < -0.39 is 30.8 Å². The summed E-state index contributed by atoms with van der Waals surface area (Å²) in [6.07, 6.45) is -3.75. The summed E-state index contributed by atoms with van der Waals surface area (Å²) in [6.45, 7) is 1.67. The summed E-state index contributed by atoms with van der Waals surface area (Å²) in [4.78, 5) is 22.5. The molecule has 1 aromatic rings.